The van der Waals surface area contributed by atoms with Crippen LogP contribution in [-0.2, 0) is 0 Å². The van der Waals surface area contributed by atoms with E-state index in [4.69, 9.17) is 16.3 Å². The fraction of sp³-hybridized carbons (Fsp3) is 0.182. The van der Waals surface area contributed by atoms with Gasteiger partial charge in [-0.05, 0) is 30.2 Å². The van der Waals surface area contributed by atoms with Gasteiger partial charge in [0, 0.05) is 16.6 Å². The van der Waals surface area contributed by atoms with Gasteiger partial charge in [-0.15, -0.1) is 0 Å². The summed E-state index contributed by atoms with van der Waals surface area (Å²) in [4.78, 5) is 2.36. The Morgan fingerprint density at radius 3 is 2.28 bits per heavy atom. The second-order valence-corrected chi connectivity index (χ2v) is 6.74. The van der Waals surface area contributed by atoms with E-state index < -0.39 is 0 Å². The van der Waals surface area contributed by atoms with E-state index in [0.717, 1.165) is 21.9 Å². The lowest BCUT2D eigenvalue weighted by Gasteiger charge is -2.41. The normalized spacial score (nSPS) is 18.2. The van der Waals surface area contributed by atoms with E-state index in [9.17, 15) is 0 Å². The molecule has 0 fully saturated rings. The molecular formula is C22H20ClNO. The zero-order valence-electron chi connectivity index (χ0n) is 14.1. The number of para-hydroxylation sites is 1. The molecule has 3 heteroatoms. The van der Waals surface area contributed by atoms with Gasteiger partial charge in [-0.3, -0.25) is 4.90 Å². The average molecular weight is 350 g/mol. The summed E-state index contributed by atoms with van der Waals surface area (Å²) in [5.41, 5.74) is 3.54. The third-order valence-electron chi connectivity index (χ3n) is 4.89. The van der Waals surface area contributed by atoms with Gasteiger partial charge in [0.15, 0.2) is 0 Å². The first-order chi connectivity index (χ1) is 12.3. The van der Waals surface area contributed by atoms with Crippen LogP contribution in [0.5, 0.6) is 5.75 Å². The highest BCUT2D eigenvalue weighted by atomic mass is 35.5. The summed E-state index contributed by atoms with van der Waals surface area (Å²) in [7, 11) is 0. The van der Waals surface area contributed by atoms with Gasteiger partial charge < -0.3 is 4.74 Å². The van der Waals surface area contributed by atoms with Crippen LogP contribution in [0.2, 0.25) is 5.02 Å². The summed E-state index contributed by atoms with van der Waals surface area (Å²) >= 11 is 6.57. The molecule has 3 aromatic carbocycles. The number of nitrogens with zero attached hydrogens (tertiary/aromatic N) is 1. The second kappa shape index (κ2) is 6.91. The minimum Gasteiger partial charge on any atom is -0.478 e. The monoisotopic (exact) mass is 349 g/mol. The van der Waals surface area contributed by atoms with E-state index in [2.05, 4.69) is 54.3 Å². The number of fused-ring (bicyclic) bond motifs is 1. The topological polar surface area (TPSA) is 12.5 Å². The minimum absolute atomic E-state index is 0.0638. The molecule has 3 aromatic rings. The van der Waals surface area contributed by atoms with Crippen LogP contribution in [0.25, 0.3) is 0 Å². The summed E-state index contributed by atoms with van der Waals surface area (Å²) < 4.78 is 6.05. The first-order valence-corrected chi connectivity index (χ1v) is 8.90. The van der Waals surface area contributed by atoms with Gasteiger partial charge in [0.05, 0.1) is 6.04 Å². The maximum Gasteiger partial charge on any atom is 0.143 e. The van der Waals surface area contributed by atoms with Crippen molar-refractivity contribution in [2.45, 2.75) is 19.0 Å². The number of hydrogen-bond donors (Lipinski definition) is 0. The molecule has 0 N–H and O–H groups in total. The molecule has 0 saturated heterocycles. The molecule has 0 amide bonds. The molecular weight excluding hydrogens is 330 g/mol. The van der Waals surface area contributed by atoms with E-state index >= 15 is 0 Å². The number of benzene rings is 3. The Morgan fingerprint density at radius 1 is 0.880 bits per heavy atom. The molecule has 0 bridgehead atoms. The SMILES string of the molecule is C[C@@H](c1ccccc1)N1COc2ccccc2[C@@H]1c1ccccc1Cl. The lowest BCUT2D eigenvalue weighted by atomic mass is 9.93. The van der Waals surface area contributed by atoms with Gasteiger partial charge in [-0.2, -0.15) is 0 Å². The van der Waals surface area contributed by atoms with Crippen LogP contribution < -0.4 is 4.74 Å². The van der Waals surface area contributed by atoms with E-state index in [1.807, 2.05) is 36.4 Å². The average Bonchev–Trinajstić information content (AvgIpc) is 2.68. The molecule has 0 aliphatic carbocycles. The molecule has 2 atom stereocenters. The third kappa shape index (κ3) is 3.04. The van der Waals surface area contributed by atoms with Gasteiger partial charge in [-0.25, -0.2) is 0 Å². The van der Waals surface area contributed by atoms with E-state index in [-0.39, 0.29) is 12.1 Å². The lowest BCUT2D eigenvalue weighted by molar-refractivity contribution is 0.0402. The van der Waals surface area contributed by atoms with Crippen molar-refractivity contribution >= 4 is 11.6 Å². The van der Waals surface area contributed by atoms with E-state index in [1.165, 1.54) is 5.56 Å². The molecule has 126 valence electrons. The van der Waals surface area contributed by atoms with Crippen LogP contribution >= 0.6 is 11.6 Å². The van der Waals surface area contributed by atoms with E-state index in [0.29, 0.717) is 6.73 Å². The molecule has 0 spiro atoms. The summed E-state index contributed by atoms with van der Waals surface area (Å²) in [5.74, 6) is 0.934. The molecule has 4 rings (SSSR count). The third-order valence-corrected chi connectivity index (χ3v) is 5.24. The summed E-state index contributed by atoms with van der Waals surface area (Å²) in [6.07, 6.45) is 0. The first-order valence-electron chi connectivity index (χ1n) is 8.52. The highest BCUT2D eigenvalue weighted by molar-refractivity contribution is 6.31. The molecule has 1 aliphatic rings. The predicted octanol–water partition coefficient (Wildman–Crippen LogP) is 5.84. The smallest absolute Gasteiger partial charge is 0.143 e. The lowest BCUT2D eigenvalue weighted by Crippen LogP contribution is -2.39. The zero-order valence-corrected chi connectivity index (χ0v) is 14.9. The van der Waals surface area contributed by atoms with Gasteiger partial charge in [0.1, 0.15) is 12.5 Å². The Labute approximate surface area is 153 Å². The van der Waals surface area contributed by atoms with Crippen molar-refractivity contribution in [3.8, 4) is 5.75 Å². The number of hydrogen-bond acceptors (Lipinski definition) is 2. The summed E-state index contributed by atoms with van der Waals surface area (Å²) in [6.45, 7) is 2.75. The predicted molar refractivity (Wildman–Crippen MR) is 102 cm³/mol. The Balaban J connectivity index is 1.82. The van der Waals surface area contributed by atoms with Crippen LogP contribution in [0.4, 0.5) is 0 Å². The van der Waals surface area contributed by atoms with Crippen molar-refractivity contribution in [2.24, 2.45) is 0 Å². The molecule has 0 unspecified atom stereocenters. The quantitative estimate of drug-likeness (QED) is 0.588. The molecule has 1 heterocycles. The maximum atomic E-state index is 6.57. The Bertz CT molecular complexity index is 865. The van der Waals surface area contributed by atoms with Crippen molar-refractivity contribution in [3.05, 3.63) is 101 Å². The number of halogens is 1. The van der Waals surface area contributed by atoms with Crippen molar-refractivity contribution < 1.29 is 4.74 Å². The molecule has 0 saturated carbocycles. The van der Waals surface area contributed by atoms with Crippen molar-refractivity contribution in [3.63, 3.8) is 0 Å². The van der Waals surface area contributed by atoms with Crippen LogP contribution in [0, 0.1) is 0 Å². The molecule has 1 aliphatic heterocycles. The highest BCUT2D eigenvalue weighted by Crippen LogP contribution is 2.44. The Hall–Kier alpha value is -2.29. The highest BCUT2D eigenvalue weighted by Gasteiger charge is 2.34. The largest absolute Gasteiger partial charge is 0.478 e. The fourth-order valence-electron chi connectivity index (χ4n) is 3.54. The fourth-order valence-corrected chi connectivity index (χ4v) is 3.78. The van der Waals surface area contributed by atoms with Crippen molar-refractivity contribution in [1.29, 1.82) is 0 Å². The number of ether oxygens (including phenoxy) is 1. The van der Waals surface area contributed by atoms with Crippen LogP contribution in [-0.4, -0.2) is 11.6 Å². The summed E-state index contributed by atoms with van der Waals surface area (Å²) in [5, 5.41) is 0.787. The molecule has 0 aromatic heterocycles. The molecule has 25 heavy (non-hydrogen) atoms. The zero-order chi connectivity index (χ0) is 17.2. The maximum absolute atomic E-state index is 6.57. The minimum atomic E-state index is 0.0638. The summed E-state index contributed by atoms with van der Waals surface area (Å²) in [6, 6.07) is 27.1. The standard InChI is InChI=1S/C22H20ClNO/c1-16(17-9-3-2-4-10-17)24-15-25-21-14-8-6-12-19(21)22(24)18-11-5-7-13-20(18)23/h2-14,16,22H,15H2,1H3/t16-,22-/m0/s1. The molecule has 0 radical (unpaired) electrons. The van der Waals surface area contributed by atoms with Crippen LogP contribution in [0.15, 0.2) is 78.9 Å². The Morgan fingerprint density at radius 2 is 1.52 bits per heavy atom. The van der Waals surface area contributed by atoms with Crippen molar-refractivity contribution in [1.82, 2.24) is 4.90 Å². The van der Waals surface area contributed by atoms with Gasteiger partial charge >= 0.3 is 0 Å². The number of rotatable bonds is 3. The van der Waals surface area contributed by atoms with Crippen LogP contribution in [0.1, 0.15) is 35.7 Å². The van der Waals surface area contributed by atoms with Gasteiger partial charge in [0.25, 0.3) is 0 Å². The van der Waals surface area contributed by atoms with E-state index in [1.54, 1.807) is 0 Å². The molecule has 2 nitrogen and oxygen atoms in total. The first kappa shape index (κ1) is 16.2. The van der Waals surface area contributed by atoms with Crippen molar-refractivity contribution in [2.75, 3.05) is 6.73 Å². The Kier molecular flexibility index (Phi) is 4.48. The van der Waals surface area contributed by atoms with Gasteiger partial charge in [-0.1, -0.05) is 78.3 Å². The van der Waals surface area contributed by atoms with Gasteiger partial charge in [0.2, 0.25) is 0 Å². The second-order valence-electron chi connectivity index (χ2n) is 6.34. The van der Waals surface area contributed by atoms with Crippen LogP contribution in [0.3, 0.4) is 0 Å².